The van der Waals surface area contributed by atoms with Crippen molar-refractivity contribution in [2.24, 2.45) is 0 Å². The number of nitrogens with one attached hydrogen (secondary N) is 1. The first-order valence-corrected chi connectivity index (χ1v) is 4.82. The third kappa shape index (κ3) is 3.05. The monoisotopic (exact) mass is 184 g/mol. The number of nitrogens with zero attached hydrogens (tertiary/aromatic N) is 1. The number of hydrogen-bond donors (Lipinski definition) is 1. The second-order valence-electron chi connectivity index (χ2n) is 3.30. The highest BCUT2D eigenvalue weighted by molar-refractivity contribution is 5.96. The number of hydrogen-bond acceptors (Lipinski definition) is 2. The molecule has 0 unspecified atom stereocenters. The fourth-order valence-corrected chi connectivity index (χ4v) is 1.36. The molecule has 1 heterocycles. The molecule has 0 aromatic rings. The van der Waals surface area contributed by atoms with Crippen LogP contribution in [0, 0.1) is 0 Å². The van der Waals surface area contributed by atoms with Crippen molar-refractivity contribution in [2.75, 3.05) is 13.1 Å². The second kappa shape index (κ2) is 4.84. The van der Waals surface area contributed by atoms with Gasteiger partial charge in [0.05, 0.1) is 0 Å². The van der Waals surface area contributed by atoms with E-state index in [2.05, 4.69) is 12.2 Å². The highest BCUT2D eigenvalue weighted by atomic mass is 16.2. The largest absolute Gasteiger partial charge is 0.324 e. The highest BCUT2D eigenvalue weighted by Gasteiger charge is 2.21. The van der Waals surface area contributed by atoms with Crippen LogP contribution in [0.15, 0.2) is 0 Å². The molecule has 0 bridgehead atoms. The average Bonchev–Trinajstić information content (AvgIpc) is 2.09. The summed E-state index contributed by atoms with van der Waals surface area (Å²) in [5.74, 6) is -0.156. The zero-order valence-corrected chi connectivity index (χ0v) is 8.01. The maximum absolute atomic E-state index is 11.2. The maximum Gasteiger partial charge on any atom is 0.324 e. The Kier molecular flexibility index (Phi) is 3.73. The Labute approximate surface area is 78.3 Å². The first kappa shape index (κ1) is 10.0. The Bertz CT molecular complexity index is 204. The maximum atomic E-state index is 11.2. The standard InChI is InChI=1S/C9H16N2O2/c1-2-3-4-6-11-7-5-8(12)10-9(11)13/h2-7H2,1H3,(H,10,12,13). The topological polar surface area (TPSA) is 49.4 Å². The van der Waals surface area contributed by atoms with Crippen LogP contribution in [-0.2, 0) is 4.79 Å². The van der Waals surface area contributed by atoms with Crippen LogP contribution in [0.4, 0.5) is 4.79 Å². The molecule has 1 saturated heterocycles. The summed E-state index contributed by atoms with van der Waals surface area (Å²) in [7, 11) is 0. The number of carbonyl (C=O) groups is 2. The van der Waals surface area contributed by atoms with Gasteiger partial charge >= 0.3 is 6.03 Å². The van der Waals surface area contributed by atoms with E-state index in [1.165, 1.54) is 0 Å². The molecule has 1 aliphatic heterocycles. The number of rotatable bonds is 4. The molecular weight excluding hydrogens is 168 g/mol. The Balaban J connectivity index is 2.26. The molecule has 0 aromatic heterocycles. The average molecular weight is 184 g/mol. The van der Waals surface area contributed by atoms with Gasteiger partial charge in [0.15, 0.2) is 0 Å². The summed E-state index contributed by atoms with van der Waals surface area (Å²) in [6.45, 7) is 3.47. The van der Waals surface area contributed by atoms with E-state index in [-0.39, 0.29) is 11.9 Å². The van der Waals surface area contributed by atoms with Gasteiger partial charge < -0.3 is 4.90 Å². The lowest BCUT2D eigenvalue weighted by Gasteiger charge is -2.26. The smallest absolute Gasteiger partial charge is 0.324 e. The fraction of sp³-hybridized carbons (Fsp3) is 0.778. The van der Waals surface area contributed by atoms with E-state index in [0.717, 1.165) is 25.8 Å². The zero-order valence-electron chi connectivity index (χ0n) is 8.01. The van der Waals surface area contributed by atoms with Crippen LogP contribution in [0.25, 0.3) is 0 Å². The SMILES string of the molecule is CCCCCN1CCC(=O)NC1=O. The highest BCUT2D eigenvalue weighted by Crippen LogP contribution is 2.03. The molecule has 74 valence electrons. The minimum Gasteiger partial charge on any atom is -0.324 e. The summed E-state index contributed by atoms with van der Waals surface area (Å²) in [5, 5.41) is 2.30. The van der Waals surface area contributed by atoms with Crippen molar-refractivity contribution < 1.29 is 9.59 Å². The summed E-state index contributed by atoms with van der Waals surface area (Å²) in [6.07, 6.45) is 3.75. The molecule has 4 nitrogen and oxygen atoms in total. The molecule has 4 heteroatoms. The molecule has 3 amide bonds. The Hall–Kier alpha value is -1.06. The van der Waals surface area contributed by atoms with Crippen molar-refractivity contribution >= 4 is 11.9 Å². The summed E-state index contributed by atoms with van der Waals surface area (Å²) in [4.78, 5) is 23.7. The number of amides is 3. The van der Waals surface area contributed by atoms with Crippen molar-refractivity contribution in [3.63, 3.8) is 0 Å². The van der Waals surface area contributed by atoms with Crippen molar-refractivity contribution in [1.82, 2.24) is 10.2 Å². The summed E-state index contributed by atoms with van der Waals surface area (Å²) in [6, 6.07) is -0.229. The van der Waals surface area contributed by atoms with Gasteiger partial charge in [-0.25, -0.2) is 4.79 Å². The third-order valence-corrected chi connectivity index (χ3v) is 2.17. The quantitative estimate of drug-likeness (QED) is 0.665. The summed E-state index contributed by atoms with van der Waals surface area (Å²) in [5.41, 5.74) is 0. The second-order valence-corrected chi connectivity index (χ2v) is 3.30. The van der Waals surface area contributed by atoms with Crippen LogP contribution in [0.1, 0.15) is 32.6 Å². The van der Waals surface area contributed by atoms with E-state index >= 15 is 0 Å². The Morgan fingerprint density at radius 1 is 1.38 bits per heavy atom. The van der Waals surface area contributed by atoms with Crippen molar-refractivity contribution in [2.45, 2.75) is 32.6 Å². The van der Waals surface area contributed by atoms with Crippen LogP contribution >= 0.6 is 0 Å². The first-order chi connectivity index (χ1) is 6.24. The van der Waals surface area contributed by atoms with Gasteiger partial charge in [-0.15, -0.1) is 0 Å². The molecule has 0 aromatic carbocycles. The molecule has 1 N–H and O–H groups in total. The molecule has 0 spiro atoms. The van der Waals surface area contributed by atoms with Crippen molar-refractivity contribution in [3.05, 3.63) is 0 Å². The van der Waals surface area contributed by atoms with E-state index in [0.29, 0.717) is 13.0 Å². The lowest BCUT2D eigenvalue weighted by Crippen LogP contribution is -2.49. The van der Waals surface area contributed by atoms with E-state index in [1.807, 2.05) is 0 Å². The van der Waals surface area contributed by atoms with Crippen LogP contribution in [0.3, 0.4) is 0 Å². The number of urea groups is 1. The van der Waals surface area contributed by atoms with Gasteiger partial charge in [0.2, 0.25) is 5.91 Å². The molecular formula is C9H16N2O2. The Morgan fingerprint density at radius 2 is 2.15 bits per heavy atom. The Morgan fingerprint density at radius 3 is 2.77 bits per heavy atom. The van der Waals surface area contributed by atoms with E-state index in [1.54, 1.807) is 4.90 Å². The van der Waals surface area contributed by atoms with Crippen LogP contribution in [0.5, 0.6) is 0 Å². The van der Waals surface area contributed by atoms with Crippen LogP contribution in [-0.4, -0.2) is 29.9 Å². The van der Waals surface area contributed by atoms with Crippen LogP contribution < -0.4 is 5.32 Å². The minimum atomic E-state index is -0.229. The van der Waals surface area contributed by atoms with Crippen LogP contribution in [0.2, 0.25) is 0 Å². The third-order valence-electron chi connectivity index (χ3n) is 2.17. The minimum absolute atomic E-state index is 0.156. The molecule has 1 rings (SSSR count). The van der Waals surface area contributed by atoms with Gasteiger partial charge in [0.25, 0.3) is 0 Å². The normalized spacial score (nSPS) is 17.5. The molecule has 0 aliphatic carbocycles. The number of imide groups is 1. The first-order valence-electron chi connectivity index (χ1n) is 4.82. The lowest BCUT2D eigenvalue weighted by molar-refractivity contribution is -0.121. The van der Waals surface area contributed by atoms with Gasteiger partial charge in [0, 0.05) is 19.5 Å². The molecule has 1 fully saturated rings. The predicted molar refractivity (Wildman–Crippen MR) is 49.3 cm³/mol. The van der Waals surface area contributed by atoms with Crippen molar-refractivity contribution in [3.8, 4) is 0 Å². The fourth-order valence-electron chi connectivity index (χ4n) is 1.36. The number of carbonyl (C=O) groups excluding carboxylic acids is 2. The molecule has 0 saturated carbocycles. The zero-order chi connectivity index (χ0) is 9.68. The van der Waals surface area contributed by atoms with Gasteiger partial charge in [-0.2, -0.15) is 0 Å². The van der Waals surface area contributed by atoms with Gasteiger partial charge in [0.1, 0.15) is 0 Å². The van der Waals surface area contributed by atoms with Gasteiger partial charge in [-0.05, 0) is 6.42 Å². The molecule has 0 radical (unpaired) electrons. The molecule has 1 aliphatic rings. The van der Waals surface area contributed by atoms with Crippen molar-refractivity contribution in [1.29, 1.82) is 0 Å². The molecule has 0 atom stereocenters. The molecule has 13 heavy (non-hydrogen) atoms. The summed E-state index contributed by atoms with van der Waals surface area (Å²) >= 11 is 0. The van der Waals surface area contributed by atoms with Gasteiger partial charge in [-0.3, -0.25) is 10.1 Å². The van der Waals surface area contributed by atoms with E-state index in [4.69, 9.17) is 0 Å². The number of unbranched alkanes of at least 4 members (excludes halogenated alkanes) is 2. The summed E-state index contributed by atoms with van der Waals surface area (Å²) < 4.78 is 0. The lowest BCUT2D eigenvalue weighted by atomic mass is 10.2. The van der Waals surface area contributed by atoms with E-state index in [9.17, 15) is 9.59 Å². The van der Waals surface area contributed by atoms with Gasteiger partial charge in [-0.1, -0.05) is 19.8 Å². The van der Waals surface area contributed by atoms with E-state index < -0.39 is 0 Å². The predicted octanol–water partition coefficient (Wildman–Crippen LogP) is 1.12.